The maximum Gasteiger partial charge on any atom is 0.244 e. The Bertz CT molecular complexity index is 479. The Labute approximate surface area is 109 Å². The van der Waals surface area contributed by atoms with Crippen LogP contribution in [-0.2, 0) is 16.6 Å². The van der Waals surface area contributed by atoms with Gasteiger partial charge in [-0.3, -0.25) is 0 Å². The summed E-state index contributed by atoms with van der Waals surface area (Å²) in [5.41, 5.74) is 6.19. The van der Waals surface area contributed by atoms with Crippen molar-refractivity contribution in [2.24, 2.45) is 11.7 Å². The number of hydrogen-bond acceptors (Lipinski definition) is 3. The Morgan fingerprint density at radius 2 is 2.00 bits per heavy atom. The van der Waals surface area contributed by atoms with E-state index in [1.165, 1.54) is 10.5 Å². The van der Waals surface area contributed by atoms with Gasteiger partial charge in [-0.25, -0.2) is 8.42 Å². The Morgan fingerprint density at radius 1 is 1.39 bits per heavy atom. The average molecular weight is 273 g/mol. The lowest BCUT2D eigenvalue weighted by Crippen LogP contribution is -2.35. The molecule has 3 N–H and O–H groups in total. The van der Waals surface area contributed by atoms with Crippen LogP contribution in [0.1, 0.15) is 32.9 Å². The van der Waals surface area contributed by atoms with E-state index in [1.807, 2.05) is 6.92 Å². The number of nitrogens with two attached hydrogens (primary N) is 1. The minimum atomic E-state index is -3.43. The van der Waals surface area contributed by atoms with E-state index in [1.54, 1.807) is 13.1 Å². The van der Waals surface area contributed by atoms with Gasteiger partial charge in [0.1, 0.15) is 0 Å². The van der Waals surface area contributed by atoms with Gasteiger partial charge in [0.25, 0.3) is 0 Å². The van der Waals surface area contributed by atoms with Crippen molar-refractivity contribution in [2.45, 2.75) is 44.7 Å². The molecule has 6 heteroatoms. The highest BCUT2D eigenvalue weighted by Gasteiger charge is 2.26. The molecular weight excluding hydrogens is 250 g/mol. The number of hydrogen-bond donors (Lipinski definition) is 2. The van der Waals surface area contributed by atoms with Crippen molar-refractivity contribution >= 4 is 10.0 Å². The van der Waals surface area contributed by atoms with Crippen LogP contribution >= 0.6 is 0 Å². The van der Waals surface area contributed by atoms with Crippen LogP contribution in [0.4, 0.5) is 0 Å². The van der Waals surface area contributed by atoms with Gasteiger partial charge in [-0.2, -0.15) is 4.31 Å². The topological polar surface area (TPSA) is 79.2 Å². The van der Waals surface area contributed by atoms with Gasteiger partial charge in [-0.1, -0.05) is 13.8 Å². The highest BCUT2D eigenvalue weighted by molar-refractivity contribution is 7.89. The van der Waals surface area contributed by atoms with Crippen LogP contribution in [0.3, 0.4) is 0 Å². The molecule has 0 radical (unpaired) electrons. The SMILES string of the molecule is CC(C)CC(C)N(C)S(=O)(=O)c1c[nH]c(CN)c1. The molecule has 0 aliphatic rings. The van der Waals surface area contributed by atoms with Gasteiger partial charge in [-0.05, 0) is 25.3 Å². The molecule has 0 fully saturated rings. The summed E-state index contributed by atoms with van der Waals surface area (Å²) in [6, 6.07) is 1.57. The molecule has 0 bridgehead atoms. The number of aromatic amines is 1. The third-order valence-electron chi connectivity index (χ3n) is 3.05. The molecular formula is C12H23N3O2S. The second-order valence-electron chi connectivity index (χ2n) is 5.06. The minimum absolute atomic E-state index is 0.0220. The van der Waals surface area contributed by atoms with Crippen LogP contribution in [0.15, 0.2) is 17.2 Å². The van der Waals surface area contributed by atoms with Crippen molar-refractivity contribution < 1.29 is 8.42 Å². The fraction of sp³-hybridized carbons (Fsp3) is 0.667. The lowest BCUT2D eigenvalue weighted by molar-refractivity contribution is 0.338. The maximum absolute atomic E-state index is 12.3. The van der Waals surface area contributed by atoms with E-state index in [0.29, 0.717) is 12.5 Å². The molecule has 1 aromatic rings. The maximum atomic E-state index is 12.3. The summed E-state index contributed by atoms with van der Waals surface area (Å²) in [4.78, 5) is 3.14. The van der Waals surface area contributed by atoms with Gasteiger partial charge < -0.3 is 10.7 Å². The van der Waals surface area contributed by atoms with Gasteiger partial charge in [0, 0.05) is 31.5 Å². The molecule has 0 aromatic carbocycles. The van der Waals surface area contributed by atoms with Crippen LogP contribution in [-0.4, -0.2) is 30.8 Å². The van der Waals surface area contributed by atoms with Gasteiger partial charge in [0.15, 0.2) is 0 Å². The fourth-order valence-corrected chi connectivity index (χ4v) is 3.31. The van der Waals surface area contributed by atoms with Crippen LogP contribution in [0.25, 0.3) is 0 Å². The first kappa shape index (κ1) is 15.2. The summed E-state index contributed by atoms with van der Waals surface area (Å²) < 4.78 is 26.1. The number of nitrogens with one attached hydrogen (secondary N) is 1. The van der Waals surface area contributed by atoms with Gasteiger partial charge in [0.2, 0.25) is 10.0 Å². The van der Waals surface area contributed by atoms with Crippen LogP contribution in [0, 0.1) is 5.92 Å². The van der Waals surface area contributed by atoms with E-state index in [2.05, 4.69) is 18.8 Å². The van der Waals surface area contributed by atoms with Crippen molar-refractivity contribution in [1.82, 2.24) is 9.29 Å². The molecule has 0 aliphatic heterocycles. The van der Waals surface area contributed by atoms with Crippen LogP contribution in [0.2, 0.25) is 0 Å². The van der Waals surface area contributed by atoms with Crippen molar-refractivity contribution in [3.63, 3.8) is 0 Å². The van der Waals surface area contributed by atoms with Crippen LogP contribution < -0.4 is 5.73 Å². The van der Waals surface area contributed by atoms with E-state index in [4.69, 9.17) is 5.73 Å². The second-order valence-corrected chi connectivity index (χ2v) is 7.06. The fourth-order valence-electron chi connectivity index (χ4n) is 1.92. The van der Waals surface area contributed by atoms with E-state index >= 15 is 0 Å². The molecule has 0 spiro atoms. The minimum Gasteiger partial charge on any atom is -0.363 e. The summed E-state index contributed by atoms with van der Waals surface area (Å²) in [6.45, 7) is 6.40. The third-order valence-corrected chi connectivity index (χ3v) is 5.00. The molecule has 104 valence electrons. The number of H-pyrrole nitrogens is 1. The summed E-state index contributed by atoms with van der Waals surface area (Å²) in [6.07, 6.45) is 2.33. The first-order valence-electron chi connectivity index (χ1n) is 6.14. The highest BCUT2D eigenvalue weighted by atomic mass is 32.2. The smallest absolute Gasteiger partial charge is 0.244 e. The molecule has 1 rings (SSSR count). The molecule has 0 aliphatic carbocycles. The highest BCUT2D eigenvalue weighted by Crippen LogP contribution is 2.20. The lowest BCUT2D eigenvalue weighted by Gasteiger charge is -2.25. The molecule has 1 aromatic heterocycles. The Morgan fingerprint density at radius 3 is 2.44 bits per heavy atom. The Kier molecular flexibility index (Phi) is 4.95. The van der Waals surface area contributed by atoms with E-state index < -0.39 is 10.0 Å². The quantitative estimate of drug-likeness (QED) is 0.825. The van der Waals surface area contributed by atoms with E-state index in [9.17, 15) is 8.42 Å². The largest absolute Gasteiger partial charge is 0.363 e. The normalized spacial score (nSPS) is 14.4. The third kappa shape index (κ3) is 3.34. The van der Waals surface area contributed by atoms with Crippen molar-refractivity contribution in [1.29, 1.82) is 0 Å². The summed E-state index contributed by atoms with van der Waals surface area (Å²) in [5.74, 6) is 0.462. The van der Waals surface area contributed by atoms with E-state index in [0.717, 1.165) is 12.1 Å². The molecule has 0 amide bonds. The van der Waals surface area contributed by atoms with Crippen molar-refractivity contribution in [3.8, 4) is 0 Å². The zero-order valence-corrected chi connectivity index (χ0v) is 12.3. The molecule has 5 nitrogen and oxygen atoms in total. The van der Waals surface area contributed by atoms with Crippen molar-refractivity contribution in [3.05, 3.63) is 18.0 Å². The summed E-state index contributed by atoms with van der Waals surface area (Å²) >= 11 is 0. The predicted molar refractivity (Wildman–Crippen MR) is 72.5 cm³/mol. The van der Waals surface area contributed by atoms with Gasteiger partial charge >= 0.3 is 0 Å². The molecule has 0 saturated carbocycles. The molecule has 1 atom stereocenters. The van der Waals surface area contributed by atoms with Crippen LogP contribution in [0.5, 0.6) is 0 Å². The molecule has 1 unspecified atom stereocenters. The number of nitrogens with zero attached hydrogens (tertiary/aromatic N) is 1. The Hall–Kier alpha value is -0.850. The zero-order chi connectivity index (χ0) is 13.9. The molecule has 1 heterocycles. The standard InChI is InChI=1S/C12H23N3O2S/c1-9(2)5-10(3)15(4)18(16,17)12-6-11(7-13)14-8-12/h6,8-10,14H,5,7,13H2,1-4H3. The number of sulfonamides is 1. The first-order valence-corrected chi connectivity index (χ1v) is 7.58. The average Bonchev–Trinajstić information content (AvgIpc) is 2.76. The molecule has 18 heavy (non-hydrogen) atoms. The van der Waals surface area contributed by atoms with E-state index in [-0.39, 0.29) is 10.9 Å². The zero-order valence-electron chi connectivity index (χ0n) is 11.5. The predicted octanol–water partition coefficient (Wildman–Crippen LogP) is 1.53. The number of aromatic nitrogens is 1. The molecule has 0 saturated heterocycles. The lowest BCUT2D eigenvalue weighted by atomic mass is 10.1. The Balaban J connectivity index is 2.92. The van der Waals surface area contributed by atoms with Gasteiger partial charge in [-0.15, -0.1) is 0 Å². The second kappa shape index (κ2) is 5.86. The number of rotatable bonds is 6. The van der Waals surface area contributed by atoms with Gasteiger partial charge in [0.05, 0.1) is 4.90 Å². The monoisotopic (exact) mass is 273 g/mol. The summed E-state index contributed by atoms with van der Waals surface area (Å²) in [5, 5.41) is 0. The summed E-state index contributed by atoms with van der Waals surface area (Å²) in [7, 11) is -1.80. The van der Waals surface area contributed by atoms with Crippen molar-refractivity contribution in [2.75, 3.05) is 7.05 Å². The first-order chi connectivity index (χ1) is 8.28.